The standard InChI is InChI=1S/C13H9ClFNO2S/c14-10-4-3-8(6-11(10)15)7-19-12-9(13(17)18)2-1-5-16-12/h1-6H,7H2,(H,17,18). The highest BCUT2D eigenvalue weighted by molar-refractivity contribution is 7.98. The molecule has 0 spiro atoms. The maximum atomic E-state index is 13.3. The molecule has 98 valence electrons. The van der Waals surface area contributed by atoms with Crippen LogP contribution in [-0.2, 0) is 5.75 Å². The molecule has 0 aliphatic carbocycles. The zero-order valence-corrected chi connectivity index (χ0v) is 11.2. The molecule has 0 aliphatic heterocycles. The molecular weight excluding hydrogens is 289 g/mol. The van der Waals surface area contributed by atoms with E-state index in [2.05, 4.69) is 4.98 Å². The molecule has 0 fully saturated rings. The molecule has 2 rings (SSSR count). The molecule has 1 aromatic carbocycles. The number of hydrogen-bond acceptors (Lipinski definition) is 3. The maximum Gasteiger partial charge on any atom is 0.338 e. The highest BCUT2D eigenvalue weighted by Gasteiger charge is 2.11. The van der Waals surface area contributed by atoms with Crippen LogP contribution >= 0.6 is 23.4 Å². The molecule has 1 N–H and O–H groups in total. The van der Waals surface area contributed by atoms with Crippen molar-refractivity contribution in [1.82, 2.24) is 4.98 Å². The first-order valence-electron chi connectivity index (χ1n) is 5.33. The van der Waals surface area contributed by atoms with Crippen molar-refractivity contribution in [2.24, 2.45) is 0 Å². The molecule has 0 saturated heterocycles. The van der Waals surface area contributed by atoms with Crippen molar-refractivity contribution >= 4 is 29.3 Å². The first-order chi connectivity index (χ1) is 9.08. The van der Waals surface area contributed by atoms with E-state index in [1.807, 2.05) is 0 Å². The molecule has 3 nitrogen and oxygen atoms in total. The smallest absolute Gasteiger partial charge is 0.338 e. The number of nitrogens with zero attached hydrogens (tertiary/aromatic N) is 1. The van der Waals surface area contributed by atoms with Crippen molar-refractivity contribution in [1.29, 1.82) is 0 Å². The van der Waals surface area contributed by atoms with Gasteiger partial charge in [0.1, 0.15) is 10.8 Å². The molecule has 0 atom stereocenters. The van der Waals surface area contributed by atoms with Crippen LogP contribution in [0.15, 0.2) is 41.6 Å². The van der Waals surface area contributed by atoms with E-state index in [-0.39, 0.29) is 10.6 Å². The van der Waals surface area contributed by atoms with Gasteiger partial charge >= 0.3 is 5.97 Å². The Morgan fingerprint density at radius 1 is 1.42 bits per heavy atom. The van der Waals surface area contributed by atoms with Gasteiger partial charge in [-0.05, 0) is 29.8 Å². The minimum Gasteiger partial charge on any atom is -0.478 e. The summed E-state index contributed by atoms with van der Waals surface area (Å²) in [6.07, 6.45) is 1.53. The van der Waals surface area contributed by atoms with Gasteiger partial charge in [0.05, 0.1) is 10.6 Å². The quantitative estimate of drug-likeness (QED) is 0.871. The topological polar surface area (TPSA) is 50.2 Å². The molecule has 0 radical (unpaired) electrons. The van der Waals surface area contributed by atoms with Crippen molar-refractivity contribution < 1.29 is 14.3 Å². The number of benzene rings is 1. The van der Waals surface area contributed by atoms with Crippen molar-refractivity contribution in [2.75, 3.05) is 0 Å². The summed E-state index contributed by atoms with van der Waals surface area (Å²) in [5.41, 5.74) is 0.857. The summed E-state index contributed by atoms with van der Waals surface area (Å²) >= 11 is 6.83. The SMILES string of the molecule is O=C(O)c1cccnc1SCc1ccc(Cl)c(F)c1. The Labute approximate surface area is 118 Å². The van der Waals surface area contributed by atoms with E-state index in [4.69, 9.17) is 16.7 Å². The van der Waals surface area contributed by atoms with Gasteiger partial charge in [-0.15, -0.1) is 11.8 Å². The normalized spacial score (nSPS) is 10.4. The number of pyridine rings is 1. The Hall–Kier alpha value is -1.59. The Morgan fingerprint density at radius 3 is 2.89 bits per heavy atom. The average molecular weight is 298 g/mol. The monoisotopic (exact) mass is 297 g/mol. The van der Waals surface area contributed by atoms with Crippen molar-refractivity contribution in [2.45, 2.75) is 10.8 Å². The molecule has 6 heteroatoms. The van der Waals surface area contributed by atoms with Crippen LogP contribution in [0.5, 0.6) is 0 Å². The van der Waals surface area contributed by atoms with Crippen molar-refractivity contribution in [3.05, 3.63) is 58.5 Å². The number of rotatable bonds is 4. The van der Waals surface area contributed by atoms with Gasteiger partial charge in [-0.1, -0.05) is 17.7 Å². The van der Waals surface area contributed by atoms with Crippen LogP contribution in [0.1, 0.15) is 15.9 Å². The largest absolute Gasteiger partial charge is 0.478 e. The van der Waals surface area contributed by atoms with Crippen LogP contribution in [-0.4, -0.2) is 16.1 Å². The van der Waals surface area contributed by atoms with Gasteiger partial charge in [0.15, 0.2) is 0 Å². The second-order valence-electron chi connectivity index (χ2n) is 3.70. The molecule has 0 saturated carbocycles. The Morgan fingerprint density at radius 2 is 2.21 bits per heavy atom. The second-order valence-corrected chi connectivity index (χ2v) is 5.07. The highest BCUT2D eigenvalue weighted by Crippen LogP contribution is 2.25. The molecule has 0 amide bonds. The number of halogens is 2. The fourth-order valence-corrected chi connectivity index (χ4v) is 2.50. The lowest BCUT2D eigenvalue weighted by Gasteiger charge is -2.05. The third-order valence-corrected chi connectivity index (χ3v) is 3.74. The maximum absolute atomic E-state index is 13.3. The summed E-state index contributed by atoms with van der Waals surface area (Å²) in [5.74, 6) is -1.09. The summed E-state index contributed by atoms with van der Waals surface area (Å²) in [7, 11) is 0. The van der Waals surface area contributed by atoms with Crippen LogP contribution in [0.3, 0.4) is 0 Å². The Balaban J connectivity index is 2.14. The molecule has 1 aromatic heterocycles. The van der Waals surface area contributed by atoms with E-state index < -0.39 is 11.8 Å². The fraction of sp³-hybridized carbons (Fsp3) is 0.0769. The summed E-state index contributed by atoms with van der Waals surface area (Å²) in [5, 5.41) is 9.49. The van der Waals surface area contributed by atoms with Gasteiger partial charge in [-0.2, -0.15) is 0 Å². The third kappa shape index (κ3) is 3.45. The molecule has 0 unspecified atom stereocenters. The zero-order chi connectivity index (χ0) is 13.8. The van der Waals surface area contributed by atoms with Gasteiger partial charge in [-0.25, -0.2) is 14.2 Å². The zero-order valence-electron chi connectivity index (χ0n) is 9.64. The van der Waals surface area contributed by atoms with Crippen molar-refractivity contribution in [3.8, 4) is 0 Å². The van der Waals surface area contributed by atoms with Gasteiger partial charge in [0, 0.05) is 11.9 Å². The minimum absolute atomic E-state index is 0.0674. The van der Waals surface area contributed by atoms with E-state index in [1.165, 1.54) is 36.2 Å². The third-order valence-electron chi connectivity index (χ3n) is 2.36. The molecule has 2 aromatic rings. The van der Waals surface area contributed by atoms with E-state index in [0.717, 1.165) is 0 Å². The number of carbonyl (C=O) groups is 1. The fourth-order valence-electron chi connectivity index (χ4n) is 1.45. The lowest BCUT2D eigenvalue weighted by atomic mass is 10.2. The number of carboxylic acid groups (broad SMARTS) is 1. The van der Waals surface area contributed by atoms with Crippen LogP contribution in [0.4, 0.5) is 4.39 Å². The number of aromatic carboxylic acids is 1. The minimum atomic E-state index is -1.03. The number of aromatic nitrogens is 1. The van der Waals surface area contributed by atoms with Gasteiger partial charge in [0.25, 0.3) is 0 Å². The van der Waals surface area contributed by atoms with E-state index >= 15 is 0 Å². The summed E-state index contributed by atoms with van der Waals surface area (Å²) in [4.78, 5) is 15.0. The molecule has 19 heavy (non-hydrogen) atoms. The van der Waals surface area contributed by atoms with Crippen LogP contribution in [0.2, 0.25) is 5.02 Å². The molecular formula is C13H9ClFNO2S. The predicted octanol–water partition coefficient (Wildman–Crippen LogP) is 3.86. The average Bonchev–Trinajstić information content (AvgIpc) is 2.40. The first-order valence-corrected chi connectivity index (χ1v) is 6.69. The van der Waals surface area contributed by atoms with Gasteiger partial charge < -0.3 is 5.11 Å². The van der Waals surface area contributed by atoms with E-state index in [9.17, 15) is 9.18 Å². The molecule has 0 bridgehead atoms. The lowest BCUT2D eigenvalue weighted by molar-refractivity contribution is 0.0692. The summed E-state index contributed by atoms with van der Waals surface area (Å²) in [6.45, 7) is 0. The number of carboxylic acids is 1. The van der Waals surface area contributed by atoms with E-state index in [1.54, 1.807) is 12.1 Å². The van der Waals surface area contributed by atoms with Crippen LogP contribution < -0.4 is 0 Å². The Kier molecular flexibility index (Phi) is 4.39. The lowest BCUT2D eigenvalue weighted by Crippen LogP contribution is -2.00. The first kappa shape index (κ1) is 13.8. The Bertz CT molecular complexity index is 621. The molecule has 0 aliphatic rings. The molecule has 1 heterocycles. The van der Waals surface area contributed by atoms with Crippen molar-refractivity contribution in [3.63, 3.8) is 0 Å². The number of hydrogen-bond donors (Lipinski definition) is 1. The van der Waals surface area contributed by atoms with Gasteiger partial charge in [-0.3, -0.25) is 0 Å². The predicted molar refractivity (Wildman–Crippen MR) is 72.2 cm³/mol. The summed E-state index contributed by atoms with van der Waals surface area (Å²) < 4.78 is 13.3. The van der Waals surface area contributed by atoms with Crippen LogP contribution in [0.25, 0.3) is 0 Å². The number of thioether (sulfide) groups is 1. The summed E-state index contributed by atoms with van der Waals surface area (Å²) in [6, 6.07) is 7.55. The van der Waals surface area contributed by atoms with Gasteiger partial charge in [0.2, 0.25) is 0 Å². The highest BCUT2D eigenvalue weighted by atomic mass is 35.5. The van der Waals surface area contributed by atoms with E-state index in [0.29, 0.717) is 16.3 Å². The second kappa shape index (κ2) is 6.04. The van der Waals surface area contributed by atoms with Crippen LogP contribution in [0, 0.1) is 5.82 Å².